The first-order valence-electron chi connectivity index (χ1n) is 7.08. The molecule has 2 aromatic heterocycles. The second kappa shape index (κ2) is 5.37. The molecular formula is C15H20N4O2. The molecule has 21 heavy (non-hydrogen) atoms. The zero-order chi connectivity index (χ0) is 15.0. The summed E-state index contributed by atoms with van der Waals surface area (Å²) in [5.74, 6) is 1.54. The molecule has 1 atom stereocenters. The highest BCUT2D eigenvalue weighted by molar-refractivity contribution is 5.39. The third-order valence-electron chi connectivity index (χ3n) is 3.93. The highest BCUT2D eigenvalue weighted by atomic mass is 16.5. The SMILES string of the molecule is COc1cc(OC)nc(-n2c(C)cc3c2CCCC3N)n1. The van der Waals surface area contributed by atoms with Gasteiger partial charge in [0.05, 0.1) is 20.3 Å². The Labute approximate surface area is 123 Å². The predicted octanol–water partition coefficient (Wildman–Crippen LogP) is 1.93. The summed E-state index contributed by atoms with van der Waals surface area (Å²) in [4.78, 5) is 8.89. The molecular weight excluding hydrogens is 268 g/mol. The number of aromatic nitrogens is 3. The van der Waals surface area contributed by atoms with Crippen LogP contribution in [0.4, 0.5) is 0 Å². The van der Waals surface area contributed by atoms with E-state index in [0.717, 1.165) is 25.0 Å². The van der Waals surface area contributed by atoms with Crippen molar-refractivity contribution in [1.82, 2.24) is 14.5 Å². The van der Waals surface area contributed by atoms with Crippen LogP contribution in [-0.4, -0.2) is 28.8 Å². The molecule has 0 spiro atoms. The number of nitrogens with two attached hydrogens (primary N) is 1. The lowest BCUT2D eigenvalue weighted by Crippen LogP contribution is -2.18. The van der Waals surface area contributed by atoms with E-state index in [2.05, 4.69) is 20.6 Å². The monoisotopic (exact) mass is 288 g/mol. The average Bonchev–Trinajstić information content (AvgIpc) is 2.84. The van der Waals surface area contributed by atoms with Crippen LogP contribution >= 0.6 is 0 Å². The molecule has 0 bridgehead atoms. The molecule has 112 valence electrons. The van der Waals surface area contributed by atoms with Gasteiger partial charge in [-0.25, -0.2) is 0 Å². The minimum atomic E-state index is 0.0983. The molecule has 0 aliphatic heterocycles. The second-order valence-electron chi connectivity index (χ2n) is 5.27. The van der Waals surface area contributed by atoms with E-state index in [4.69, 9.17) is 15.2 Å². The first-order valence-corrected chi connectivity index (χ1v) is 7.08. The molecule has 1 aliphatic rings. The lowest BCUT2D eigenvalue weighted by atomic mass is 9.93. The molecule has 2 aromatic rings. The summed E-state index contributed by atoms with van der Waals surface area (Å²) in [5.41, 5.74) is 9.69. The molecule has 6 nitrogen and oxygen atoms in total. The summed E-state index contributed by atoms with van der Waals surface area (Å²) in [5, 5.41) is 0. The second-order valence-corrected chi connectivity index (χ2v) is 5.27. The largest absolute Gasteiger partial charge is 0.481 e. The standard InChI is InChI=1S/C15H20N4O2/c1-9-7-10-11(16)5-4-6-12(10)19(9)15-17-13(20-2)8-14(18-15)21-3/h7-8,11H,4-6,16H2,1-3H3. The van der Waals surface area contributed by atoms with Gasteiger partial charge in [-0.3, -0.25) is 4.57 Å². The fourth-order valence-electron chi connectivity index (χ4n) is 2.92. The fraction of sp³-hybridized carbons (Fsp3) is 0.467. The number of aryl methyl sites for hydroxylation is 1. The summed E-state index contributed by atoms with van der Waals surface area (Å²) in [6.07, 6.45) is 3.09. The molecule has 2 heterocycles. The Morgan fingerprint density at radius 2 is 1.86 bits per heavy atom. The third kappa shape index (κ3) is 2.35. The first kappa shape index (κ1) is 13.9. The van der Waals surface area contributed by atoms with Gasteiger partial charge in [0, 0.05) is 17.4 Å². The van der Waals surface area contributed by atoms with Crippen molar-refractivity contribution in [3.8, 4) is 17.7 Å². The smallest absolute Gasteiger partial charge is 0.240 e. The number of rotatable bonds is 3. The molecule has 1 unspecified atom stereocenters. The van der Waals surface area contributed by atoms with E-state index in [-0.39, 0.29) is 6.04 Å². The number of hydrogen-bond donors (Lipinski definition) is 1. The summed E-state index contributed by atoms with van der Waals surface area (Å²) in [6, 6.07) is 3.90. The normalized spacial score (nSPS) is 17.4. The quantitative estimate of drug-likeness (QED) is 0.934. The van der Waals surface area contributed by atoms with Crippen molar-refractivity contribution in [2.45, 2.75) is 32.2 Å². The predicted molar refractivity (Wildman–Crippen MR) is 79.1 cm³/mol. The maximum Gasteiger partial charge on any atom is 0.240 e. The molecule has 0 saturated carbocycles. The van der Waals surface area contributed by atoms with Gasteiger partial charge in [-0.15, -0.1) is 0 Å². The minimum Gasteiger partial charge on any atom is -0.481 e. The van der Waals surface area contributed by atoms with Gasteiger partial charge < -0.3 is 15.2 Å². The van der Waals surface area contributed by atoms with Gasteiger partial charge in [-0.05, 0) is 37.8 Å². The van der Waals surface area contributed by atoms with Gasteiger partial charge in [0.15, 0.2) is 0 Å². The van der Waals surface area contributed by atoms with Crippen LogP contribution in [0, 0.1) is 6.92 Å². The summed E-state index contributed by atoms with van der Waals surface area (Å²) < 4.78 is 12.5. The van der Waals surface area contributed by atoms with Crippen LogP contribution in [0.25, 0.3) is 5.95 Å². The Kier molecular flexibility index (Phi) is 3.55. The van der Waals surface area contributed by atoms with Crippen LogP contribution in [-0.2, 0) is 6.42 Å². The van der Waals surface area contributed by atoms with Crippen molar-refractivity contribution in [2.24, 2.45) is 5.73 Å². The highest BCUT2D eigenvalue weighted by Crippen LogP contribution is 2.32. The van der Waals surface area contributed by atoms with Gasteiger partial charge in [0.1, 0.15) is 0 Å². The lowest BCUT2D eigenvalue weighted by molar-refractivity contribution is 0.370. The highest BCUT2D eigenvalue weighted by Gasteiger charge is 2.24. The van der Waals surface area contributed by atoms with E-state index >= 15 is 0 Å². The molecule has 3 rings (SSSR count). The van der Waals surface area contributed by atoms with E-state index < -0.39 is 0 Å². The van der Waals surface area contributed by atoms with Crippen molar-refractivity contribution in [2.75, 3.05) is 14.2 Å². The number of fused-ring (bicyclic) bond motifs is 1. The summed E-state index contributed by atoms with van der Waals surface area (Å²) in [6.45, 7) is 2.04. The zero-order valence-electron chi connectivity index (χ0n) is 12.6. The van der Waals surface area contributed by atoms with Crippen molar-refractivity contribution in [3.63, 3.8) is 0 Å². The Morgan fingerprint density at radius 1 is 1.19 bits per heavy atom. The maximum absolute atomic E-state index is 6.22. The molecule has 0 saturated heterocycles. The minimum absolute atomic E-state index is 0.0983. The molecule has 1 aliphatic carbocycles. The van der Waals surface area contributed by atoms with Gasteiger partial charge in [0.2, 0.25) is 17.7 Å². The number of hydrogen-bond acceptors (Lipinski definition) is 5. The molecule has 0 amide bonds. The molecule has 0 aromatic carbocycles. The van der Waals surface area contributed by atoms with Crippen LogP contribution < -0.4 is 15.2 Å². The molecule has 0 fully saturated rings. The van der Waals surface area contributed by atoms with Gasteiger partial charge in [-0.2, -0.15) is 9.97 Å². The van der Waals surface area contributed by atoms with Gasteiger partial charge >= 0.3 is 0 Å². The Morgan fingerprint density at radius 3 is 2.48 bits per heavy atom. The topological polar surface area (TPSA) is 75.2 Å². The van der Waals surface area contributed by atoms with E-state index in [1.807, 2.05) is 6.92 Å². The summed E-state index contributed by atoms with van der Waals surface area (Å²) in [7, 11) is 3.17. The molecule has 6 heteroatoms. The molecule has 2 N–H and O–H groups in total. The van der Waals surface area contributed by atoms with E-state index in [1.165, 1.54) is 11.3 Å². The fourth-order valence-corrected chi connectivity index (χ4v) is 2.92. The number of nitrogens with zero attached hydrogens (tertiary/aromatic N) is 3. The van der Waals surface area contributed by atoms with Crippen molar-refractivity contribution in [3.05, 3.63) is 29.1 Å². The zero-order valence-corrected chi connectivity index (χ0v) is 12.6. The molecule has 0 radical (unpaired) electrons. The number of methoxy groups -OCH3 is 2. The maximum atomic E-state index is 6.22. The summed E-state index contributed by atoms with van der Waals surface area (Å²) >= 11 is 0. The van der Waals surface area contributed by atoms with Crippen LogP contribution in [0.15, 0.2) is 12.1 Å². The van der Waals surface area contributed by atoms with E-state index in [1.54, 1.807) is 20.3 Å². The van der Waals surface area contributed by atoms with Crippen LogP contribution in [0.2, 0.25) is 0 Å². The number of ether oxygens (including phenoxy) is 2. The van der Waals surface area contributed by atoms with E-state index in [9.17, 15) is 0 Å². The Bertz CT molecular complexity index is 644. The lowest BCUT2D eigenvalue weighted by Gasteiger charge is -2.20. The first-order chi connectivity index (χ1) is 10.1. The van der Waals surface area contributed by atoms with Crippen molar-refractivity contribution < 1.29 is 9.47 Å². The van der Waals surface area contributed by atoms with Crippen LogP contribution in [0.5, 0.6) is 11.8 Å². The third-order valence-corrected chi connectivity index (χ3v) is 3.93. The van der Waals surface area contributed by atoms with Gasteiger partial charge in [-0.1, -0.05) is 0 Å². The van der Waals surface area contributed by atoms with Gasteiger partial charge in [0.25, 0.3) is 0 Å². The van der Waals surface area contributed by atoms with Crippen LogP contribution in [0.1, 0.15) is 35.8 Å². The van der Waals surface area contributed by atoms with Crippen molar-refractivity contribution in [1.29, 1.82) is 0 Å². The Balaban J connectivity index is 2.17. The Hall–Kier alpha value is -2.08. The van der Waals surface area contributed by atoms with Crippen LogP contribution in [0.3, 0.4) is 0 Å². The average molecular weight is 288 g/mol. The van der Waals surface area contributed by atoms with E-state index in [0.29, 0.717) is 17.7 Å². The van der Waals surface area contributed by atoms with Crippen molar-refractivity contribution >= 4 is 0 Å².